The van der Waals surface area contributed by atoms with E-state index >= 15 is 0 Å². The van der Waals surface area contributed by atoms with Gasteiger partial charge in [0, 0.05) is 5.02 Å². The summed E-state index contributed by atoms with van der Waals surface area (Å²) in [4.78, 5) is 30.0. The van der Waals surface area contributed by atoms with Gasteiger partial charge in [0.05, 0.1) is 28.6 Å². The molecule has 4 aromatic rings. The normalized spacial score (nSPS) is 11.1. The van der Waals surface area contributed by atoms with E-state index in [2.05, 4.69) is 15.5 Å². The Bertz CT molecular complexity index is 1300. The van der Waals surface area contributed by atoms with Crippen LogP contribution in [-0.4, -0.2) is 27.4 Å². The van der Waals surface area contributed by atoms with Gasteiger partial charge in [-0.2, -0.15) is 5.10 Å². The number of benzene rings is 3. The summed E-state index contributed by atoms with van der Waals surface area (Å²) in [6, 6.07) is 23.5. The number of carbonyl (C=O) groups is 1. The van der Waals surface area contributed by atoms with Crippen molar-refractivity contribution < 1.29 is 4.79 Å². The van der Waals surface area contributed by atoms with Crippen molar-refractivity contribution in [3.05, 3.63) is 99.8 Å². The first-order valence-corrected chi connectivity index (χ1v) is 10.8. The molecule has 4 rings (SSSR count). The number of para-hydroxylation sites is 2. The second-order valence-corrected chi connectivity index (χ2v) is 7.90. The van der Waals surface area contributed by atoms with Crippen LogP contribution in [-0.2, 0) is 4.79 Å². The van der Waals surface area contributed by atoms with Gasteiger partial charge in [-0.15, -0.1) is 0 Å². The maximum Gasteiger partial charge on any atom is 0.266 e. The van der Waals surface area contributed by atoms with E-state index < -0.39 is 0 Å². The van der Waals surface area contributed by atoms with Crippen LogP contribution in [0.1, 0.15) is 5.56 Å². The Balaban J connectivity index is 1.54. The molecule has 8 heteroatoms. The zero-order valence-electron chi connectivity index (χ0n) is 16.2. The molecule has 0 aliphatic carbocycles. The Morgan fingerprint density at radius 2 is 1.74 bits per heavy atom. The molecule has 0 fully saturated rings. The lowest BCUT2D eigenvalue weighted by Gasteiger charge is -2.12. The number of fused-ring (bicyclic) bond motifs is 1. The fourth-order valence-electron chi connectivity index (χ4n) is 2.90. The molecule has 0 bridgehead atoms. The second-order valence-electron chi connectivity index (χ2n) is 6.52. The van der Waals surface area contributed by atoms with Crippen molar-refractivity contribution in [2.24, 2.45) is 5.10 Å². The second kappa shape index (κ2) is 9.59. The molecule has 1 amide bonds. The summed E-state index contributed by atoms with van der Waals surface area (Å²) in [5.74, 6) is -0.257. The first kappa shape index (κ1) is 20.8. The van der Waals surface area contributed by atoms with Crippen LogP contribution < -0.4 is 11.0 Å². The van der Waals surface area contributed by atoms with E-state index in [0.29, 0.717) is 26.8 Å². The summed E-state index contributed by atoms with van der Waals surface area (Å²) < 4.78 is 1.53. The van der Waals surface area contributed by atoms with Crippen LogP contribution in [0.15, 0.2) is 93.9 Å². The van der Waals surface area contributed by atoms with Gasteiger partial charge < -0.3 is 0 Å². The molecule has 0 aliphatic heterocycles. The standard InChI is InChI=1S/C23H17ClN4O2S/c24-17-12-10-16(11-13-17)14-25-27-21(29)15-31-23-26-20-9-5-4-8-19(20)22(30)28(23)18-6-2-1-3-7-18/h1-14H,15H2,(H,27,29)/b25-14+. The van der Waals surface area contributed by atoms with Crippen LogP contribution in [0, 0.1) is 0 Å². The van der Waals surface area contributed by atoms with Gasteiger partial charge in [-0.25, -0.2) is 10.4 Å². The summed E-state index contributed by atoms with van der Waals surface area (Å²) in [6.07, 6.45) is 1.53. The number of amides is 1. The average Bonchev–Trinajstić information content (AvgIpc) is 2.80. The number of hydrogen-bond acceptors (Lipinski definition) is 5. The molecule has 1 N–H and O–H groups in total. The minimum atomic E-state index is -0.308. The lowest BCUT2D eigenvalue weighted by molar-refractivity contribution is -0.118. The van der Waals surface area contributed by atoms with Gasteiger partial charge in [-0.1, -0.05) is 65.8 Å². The number of hydrogen-bond donors (Lipinski definition) is 1. The minimum absolute atomic E-state index is 0.0512. The van der Waals surface area contributed by atoms with Gasteiger partial charge in [0.2, 0.25) is 0 Å². The van der Waals surface area contributed by atoms with Crippen molar-refractivity contribution >= 4 is 46.4 Å². The van der Waals surface area contributed by atoms with Gasteiger partial charge >= 0.3 is 0 Å². The monoisotopic (exact) mass is 448 g/mol. The number of nitrogens with zero attached hydrogens (tertiary/aromatic N) is 3. The Kier molecular flexibility index (Phi) is 6.45. The lowest BCUT2D eigenvalue weighted by atomic mass is 10.2. The highest BCUT2D eigenvalue weighted by atomic mass is 35.5. The molecule has 0 atom stereocenters. The summed E-state index contributed by atoms with van der Waals surface area (Å²) in [6.45, 7) is 0. The third-order valence-electron chi connectivity index (χ3n) is 4.36. The van der Waals surface area contributed by atoms with Crippen LogP contribution in [0.4, 0.5) is 0 Å². The zero-order valence-corrected chi connectivity index (χ0v) is 17.8. The molecule has 0 aliphatic rings. The van der Waals surface area contributed by atoms with Crippen LogP contribution in [0.5, 0.6) is 0 Å². The fraction of sp³-hybridized carbons (Fsp3) is 0.0435. The Labute approximate surface area is 187 Å². The van der Waals surface area contributed by atoms with Crippen LogP contribution >= 0.6 is 23.4 Å². The first-order chi connectivity index (χ1) is 15.1. The minimum Gasteiger partial charge on any atom is -0.272 e. The maximum absolute atomic E-state index is 13.1. The third-order valence-corrected chi connectivity index (χ3v) is 5.56. The fourth-order valence-corrected chi connectivity index (χ4v) is 3.84. The topological polar surface area (TPSA) is 76.3 Å². The number of nitrogens with one attached hydrogen (secondary N) is 1. The predicted octanol–water partition coefficient (Wildman–Crippen LogP) is 4.28. The lowest BCUT2D eigenvalue weighted by Crippen LogP contribution is -2.24. The number of thioether (sulfide) groups is 1. The van der Waals surface area contributed by atoms with Gasteiger partial charge in [0.25, 0.3) is 11.5 Å². The van der Waals surface area contributed by atoms with Crippen molar-refractivity contribution in [1.29, 1.82) is 0 Å². The maximum atomic E-state index is 13.1. The van der Waals surface area contributed by atoms with Crippen molar-refractivity contribution in [1.82, 2.24) is 15.0 Å². The van der Waals surface area contributed by atoms with E-state index in [0.717, 1.165) is 5.56 Å². The van der Waals surface area contributed by atoms with Crippen molar-refractivity contribution in [3.8, 4) is 5.69 Å². The van der Waals surface area contributed by atoms with Gasteiger partial charge in [0.1, 0.15) is 0 Å². The van der Waals surface area contributed by atoms with Crippen molar-refractivity contribution in [2.75, 3.05) is 5.75 Å². The van der Waals surface area contributed by atoms with Crippen LogP contribution in [0.3, 0.4) is 0 Å². The van der Waals surface area contributed by atoms with E-state index in [4.69, 9.17) is 11.6 Å². The number of hydrazone groups is 1. The summed E-state index contributed by atoms with van der Waals surface area (Å²) in [7, 11) is 0. The number of aromatic nitrogens is 2. The number of rotatable bonds is 6. The molecule has 31 heavy (non-hydrogen) atoms. The summed E-state index contributed by atoms with van der Waals surface area (Å²) in [5.41, 5.74) is 4.40. The zero-order chi connectivity index (χ0) is 21.6. The van der Waals surface area contributed by atoms with Crippen molar-refractivity contribution in [2.45, 2.75) is 5.16 Å². The van der Waals surface area contributed by atoms with Gasteiger partial charge in [-0.05, 0) is 42.0 Å². The Morgan fingerprint density at radius 3 is 2.52 bits per heavy atom. The van der Waals surface area contributed by atoms with Crippen molar-refractivity contribution in [3.63, 3.8) is 0 Å². The average molecular weight is 449 g/mol. The summed E-state index contributed by atoms with van der Waals surface area (Å²) in [5, 5.41) is 5.55. The highest BCUT2D eigenvalue weighted by Crippen LogP contribution is 2.21. The number of carbonyl (C=O) groups excluding carboxylic acids is 1. The summed E-state index contributed by atoms with van der Waals surface area (Å²) >= 11 is 7.03. The van der Waals surface area contributed by atoms with E-state index in [1.54, 1.807) is 42.5 Å². The smallest absolute Gasteiger partial charge is 0.266 e. The Morgan fingerprint density at radius 1 is 1.03 bits per heavy atom. The molecule has 154 valence electrons. The molecule has 1 heterocycles. The third kappa shape index (κ3) is 5.02. The first-order valence-electron chi connectivity index (χ1n) is 9.39. The molecule has 3 aromatic carbocycles. The quantitative estimate of drug-likeness (QED) is 0.207. The molecule has 0 unspecified atom stereocenters. The van der Waals surface area contributed by atoms with Gasteiger partial charge in [0.15, 0.2) is 5.16 Å². The molecular formula is C23H17ClN4O2S. The van der Waals surface area contributed by atoms with E-state index in [1.807, 2.05) is 36.4 Å². The SMILES string of the molecule is O=C(CSc1nc2ccccc2c(=O)n1-c1ccccc1)N/N=C/c1ccc(Cl)cc1. The van der Waals surface area contributed by atoms with E-state index in [1.165, 1.54) is 22.5 Å². The number of halogens is 1. The molecular weight excluding hydrogens is 432 g/mol. The van der Waals surface area contributed by atoms with Crippen LogP contribution in [0.25, 0.3) is 16.6 Å². The Hall–Kier alpha value is -3.42. The molecule has 0 saturated carbocycles. The van der Waals surface area contributed by atoms with E-state index in [-0.39, 0.29) is 17.2 Å². The molecule has 1 aromatic heterocycles. The van der Waals surface area contributed by atoms with Gasteiger partial charge in [-0.3, -0.25) is 14.2 Å². The van der Waals surface area contributed by atoms with E-state index in [9.17, 15) is 9.59 Å². The largest absolute Gasteiger partial charge is 0.272 e. The molecule has 0 spiro atoms. The molecule has 6 nitrogen and oxygen atoms in total. The highest BCUT2D eigenvalue weighted by molar-refractivity contribution is 7.99. The predicted molar refractivity (Wildman–Crippen MR) is 125 cm³/mol. The highest BCUT2D eigenvalue weighted by Gasteiger charge is 2.14. The molecule has 0 saturated heterocycles. The molecule has 0 radical (unpaired) electrons. The van der Waals surface area contributed by atoms with Crippen LogP contribution in [0.2, 0.25) is 5.02 Å².